The molecule has 0 radical (unpaired) electrons. The van der Waals surface area contributed by atoms with E-state index >= 15 is 0 Å². The molecule has 0 saturated heterocycles. The zero-order valence-corrected chi connectivity index (χ0v) is 13.1. The number of rotatable bonds is 0. The van der Waals surface area contributed by atoms with Gasteiger partial charge in [-0.05, 0) is 68.6 Å². The number of hydrogen-bond acceptors (Lipinski definition) is 0. The Hall–Kier alpha value is -0.520. The molecule has 4 rings (SSSR count). The van der Waals surface area contributed by atoms with Crippen LogP contribution in [0.1, 0.15) is 84.5 Å². The average molecular weight is 260 g/mol. The van der Waals surface area contributed by atoms with Crippen molar-refractivity contribution in [3.63, 3.8) is 0 Å². The van der Waals surface area contributed by atoms with Crippen LogP contribution in [0.5, 0.6) is 0 Å². The third kappa shape index (κ3) is 3.52. The summed E-state index contributed by atoms with van der Waals surface area (Å²) in [4.78, 5) is 0. The van der Waals surface area contributed by atoms with Gasteiger partial charge in [-0.3, -0.25) is 0 Å². The first-order chi connectivity index (χ1) is 9.33. The van der Waals surface area contributed by atoms with E-state index in [1.807, 2.05) is 13.8 Å². The minimum atomic E-state index is 0.806. The molecule has 0 heterocycles. The highest BCUT2D eigenvalue weighted by Gasteiger charge is 2.36. The second kappa shape index (κ2) is 6.77. The van der Waals surface area contributed by atoms with Crippen LogP contribution in [0.2, 0.25) is 0 Å². The van der Waals surface area contributed by atoms with Gasteiger partial charge in [0.1, 0.15) is 0 Å². The molecule has 4 aliphatic rings. The molecule has 2 saturated carbocycles. The maximum absolute atomic E-state index is 2.38. The Kier molecular flexibility index (Phi) is 5.30. The van der Waals surface area contributed by atoms with Gasteiger partial charge in [0.25, 0.3) is 0 Å². The van der Waals surface area contributed by atoms with Gasteiger partial charge >= 0.3 is 0 Å². The van der Waals surface area contributed by atoms with Crippen LogP contribution in [0.15, 0.2) is 24.3 Å². The van der Waals surface area contributed by atoms with Crippen LogP contribution in [0.25, 0.3) is 0 Å². The third-order valence-electron chi connectivity index (χ3n) is 5.66. The topological polar surface area (TPSA) is 0 Å². The van der Waals surface area contributed by atoms with E-state index in [4.69, 9.17) is 0 Å². The lowest BCUT2D eigenvalue weighted by Crippen LogP contribution is -2.29. The molecule has 0 atom stereocenters. The monoisotopic (exact) mass is 260 g/mol. The molecule has 0 aromatic carbocycles. The van der Waals surface area contributed by atoms with E-state index in [0.717, 1.165) is 10.8 Å². The normalized spacial score (nSPS) is 27.7. The van der Waals surface area contributed by atoms with Gasteiger partial charge in [-0.1, -0.05) is 51.0 Å². The molecule has 0 unspecified atom stereocenters. The first-order valence-corrected chi connectivity index (χ1v) is 8.63. The molecule has 0 nitrogen and oxygen atoms in total. The average Bonchev–Trinajstić information content (AvgIpc) is 2.91. The van der Waals surface area contributed by atoms with Crippen LogP contribution in [-0.4, -0.2) is 0 Å². The van der Waals surface area contributed by atoms with Gasteiger partial charge in [0.05, 0.1) is 0 Å². The van der Waals surface area contributed by atoms with E-state index in [-0.39, 0.29) is 0 Å². The predicted molar refractivity (Wildman–Crippen MR) is 85.3 cm³/mol. The van der Waals surface area contributed by atoms with E-state index < -0.39 is 0 Å². The highest BCUT2D eigenvalue weighted by atomic mass is 14.4. The Morgan fingerprint density at radius 3 is 1.32 bits per heavy atom. The number of allylic oxidation sites excluding steroid dienone is 4. The van der Waals surface area contributed by atoms with Gasteiger partial charge in [0, 0.05) is 0 Å². The van der Waals surface area contributed by atoms with Gasteiger partial charge in [-0.15, -0.1) is 0 Å². The van der Waals surface area contributed by atoms with Crippen molar-refractivity contribution in [2.45, 2.75) is 84.5 Å². The second-order valence-corrected chi connectivity index (χ2v) is 6.80. The summed E-state index contributed by atoms with van der Waals surface area (Å²) in [5, 5.41) is 0. The van der Waals surface area contributed by atoms with Crippen LogP contribution in [0.4, 0.5) is 0 Å². The first-order valence-electron chi connectivity index (χ1n) is 8.63. The third-order valence-corrected chi connectivity index (χ3v) is 5.66. The fraction of sp³-hybridized carbons (Fsp3) is 0.789. The molecule has 4 aliphatic carbocycles. The van der Waals surface area contributed by atoms with Gasteiger partial charge < -0.3 is 0 Å². The Bertz CT molecular complexity index is 303. The fourth-order valence-electron chi connectivity index (χ4n) is 3.91. The van der Waals surface area contributed by atoms with Crippen LogP contribution in [-0.2, 0) is 0 Å². The molecule has 0 bridgehead atoms. The standard InChI is InChI=1S/C9H14.C8H12.C2H6/c1-2-5-9(6-3-1)7-4-8-9;1-2-5-8(4-1)6-3-7-8;1-2/h1-2H,3-8H2;1-2H,3-7H2;1-2H3. The molecule has 0 aliphatic heterocycles. The van der Waals surface area contributed by atoms with Crippen molar-refractivity contribution in [3.05, 3.63) is 24.3 Å². The fourth-order valence-corrected chi connectivity index (χ4v) is 3.91. The molecule has 2 spiro atoms. The molecule has 0 heteroatoms. The Morgan fingerprint density at radius 1 is 0.579 bits per heavy atom. The van der Waals surface area contributed by atoms with Gasteiger partial charge in [-0.25, -0.2) is 0 Å². The van der Waals surface area contributed by atoms with Crippen LogP contribution >= 0.6 is 0 Å². The van der Waals surface area contributed by atoms with E-state index in [9.17, 15) is 0 Å². The quantitative estimate of drug-likeness (QED) is 0.440. The molecule has 0 aromatic heterocycles. The molecule has 0 amide bonds. The molecule has 108 valence electrons. The molecule has 0 aromatic rings. The van der Waals surface area contributed by atoms with Gasteiger partial charge in [-0.2, -0.15) is 0 Å². The maximum Gasteiger partial charge on any atom is -0.0228 e. The van der Waals surface area contributed by atoms with Crippen molar-refractivity contribution >= 4 is 0 Å². The minimum absolute atomic E-state index is 0.806. The largest absolute Gasteiger partial charge is 0.0885 e. The summed E-state index contributed by atoms with van der Waals surface area (Å²) in [6.45, 7) is 4.00. The van der Waals surface area contributed by atoms with Crippen molar-refractivity contribution in [1.29, 1.82) is 0 Å². The summed E-state index contributed by atoms with van der Waals surface area (Å²) in [6.07, 6.45) is 25.4. The molecular formula is C19H32. The van der Waals surface area contributed by atoms with Crippen molar-refractivity contribution in [2.75, 3.05) is 0 Å². The van der Waals surface area contributed by atoms with Crippen LogP contribution in [0, 0.1) is 10.8 Å². The summed E-state index contributed by atoms with van der Waals surface area (Å²) in [5.74, 6) is 0. The highest BCUT2D eigenvalue weighted by molar-refractivity contribution is 5.06. The zero-order valence-electron chi connectivity index (χ0n) is 13.1. The Morgan fingerprint density at radius 2 is 1.05 bits per heavy atom. The van der Waals surface area contributed by atoms with E-state index in [1.54, 1.807) is 0 Å². The van der Waals surface area contributed by atoms with Crippen molar-refractivity contribution < 1.29 is 0 Å². The van der Waals surface area contributed by atoms with E-state index in [1.165, 1.54) is 70.6 Å². The zero-order chi connectivity index (χ0) is 13.6. The Labute approximate surface area is 120 Å². The van der Waals surface area contributed by atoms with Crippen molar-refractivity contribution in [3.8, 4) is 0 Å². The van der Waals surface area contributed by atoms with Crippen LogP contribution < -0.4 is 0 Å². The highest BCUT2D eigenvalue weighted by Crippen LogP contribution is 2.50. The molecule has 2 fully saturated rings. The minimum Gasteiger partial charge on any atom is -0.0885 e. The van der Waals surface area contributed by atoms with E-state index in [0.29, 0.717) is 0 Å². The lowest BCUT2D eigenvalue weighted by Gasteiger charge is -2.43. The maximum atomic E-state index is 2.38. The van der Waals surface area contributed by atoms with Crippen molar-refractivity contribution in [1.82, 2.24) is 0 Å². The van der Waals surface area contributed by atoms with Gasteiger partial charge in [0.15, 0.2) is 0 Å². The summed E-state index contributed by atoms with van der Waals surface area (Å²) < 4.78 is 0. The van der Waals surface area contributed by atoms with Gasteiger partial charge in [0.2, 0.25) is 0 Å². The Balaban J connectivity index is 0.000000125. The van der Waals surface area contributed by atoms with Crippen LogP contribution in [0.3, 0.4) is 0 Å². The smallest absolute Gasteiger partial charge is 0.0228 e. The molecule has 19 heavy (non-hydrogen) atoms. The first kappa shape index (κ1) is 14.9. The van der Waals surface area contributed by atoms with Crippen molar-refractivity contribution in [2.24, 2.45) is 10.8 Å². The lowest BCUT2D eigenvalue weighted by atomic mass is 9.62. The van der Waals surface area contributed by atoms with E-state index in [2.05, 4.69) is 24.3 Å². The summed E-state index contributed by atoms with van der Waals surface area (Å²) in [7, 11) is 0. The summed E-state index contributed by atoms with van der Waals surface area (Å²) in [6, 6.07) is 0. The summed E-state index contributed by atoms with van der Waals surface area (Å²) >= 11 is 0. The molecular weight excluding hydrogens is 228 g/mol. The predicted octanol–water partition coefficient (Wildman–Crippen LogP) is 6.43. The lowest BCUT2D eigenvalue weighted by molar-refractivity contribution is 0.119. The molecule has 0 N–H and O–H groups in total. The summed E-state index contributed by atoms with van der Waals surface area (Å²) in [5.41, 5.74) is 1.62. The SMILES string of the molecule is C1=CCC2(C1)CCC2.C1=CCC2(CC1)CCC2.CC. The second-order valence-electron chi connectivity index (χ2n) is 6.80. The number of hydrogen-bond donors (Lipinski definition) is 0.